The largest absolute Gasteiger partial charge is 0.417 e. The van der Waals surface area contributed by atoms with Gasteiger partial charge in [0.1, 0.15) is 0 Å². The topological polar surface area (TPSA) is 53.8 Å². The Bertz CT molecular complexity index is 601. The molecule has 0 spiro atoms. The van der Waals surface area contributed by atoms with Crippen molar-refractivity contribution in [3.05, 3.63) is 34.3 Å². The molecule has 1 amide bonds. The molecule has 0 bridgehead atoms. The van der Waals surface area contributed by atoms with Crippen LogP contribution in [0.2, 0.25) is 5.02 Å². The Balaban J connectivity index is 2.27. The fourth-order valence-corrected chi connectivity index (χ4v) is 2.29. The zero-order chi connectivity index (χ0) is 14.8. The number of nitrogens with zero attached hydrogens (tertiary/aromatic N) is 2. The number of nitrogens with one attached hydrogen (secondary N) is 1. The summed E-state index contributed by atoms with van der Waals surface area (Å²) in [4.78, 5) is 10.9. The van der Waals surface area contributed by atoms with Gasteiger partial charge in [0.15, 0.2) is 5.17 Å². The summed E-state index contributed by atoms with van der Waals surface area (Å²) in [5.41, 5.74) is -1.16. The summed E-state index contributed by atoms with van der Waals surface area (Å²) >= 11 is 6.86. The van der Waals surface area contributed by atoms with E-state index in [-0.39, 0.29) is 27.4 Å². The number of thioether (sulfide) groups is 1. The van der Waals surface area contributed by atoms with Crippen molar-refractivity contribution in [3.8, 4) is 0 Å². The van der Waals surface area contributed by atoms with Gasteiger partial charge in [0.05, 0.1) is 22.6 Å². The Morgan fingerprint density at radius 3 is 2.75 bits per heavy atom. The molecule has 9 heteroatoms. The number of amidine groups is 1. The molecule has 1 N–H and O–H groups in total. The molecule has 0 aromatic heterocycles. The molecule has 1 aliphatic rings. The standard InChI is InChI=1S/C11H7ClF3N3OS/c12-8-3-1-2-7(11(13,14)15)6(8)4-16-18-10-17-9(19)5-20-10/h1-4H,5H2,(H,17,18,19). The number of hydrogen-bond acceptors (Lipinski definition) is 4. The lowest BCUT2D eigenvalue weighted by molar-refractivity contribution is -0.137. The predicted octanol–water partition coefficient (Wildman–Crippen LogP) is 2.91. The monoisotopic (exact) mass is 321 g/mol. The maximum Gasteiger partial charge on any atom is 0.417 e. The molecule has 106 valence electrons. The van der Waals surface area contributed by atoms with Gasteiger partial charge >= 0.3 is 6.18 Å². The van der Waals surface area contributed by atoms with Crippen LogP contribution in [0.3, 0.4) is 0 Å². The predicted molar refractivity (Wildman–Crippen MR) is 72.1 cm³/mol. The second-order valence-electron chi connectivity index (χ2n) is 3.69. The lowest BCUT2D eigenvalue weighted by atomic mass is 10.1. The van der Waals surface area contributed by atoms with E-state index < -0.39 is 11.7 Å². The van der Waals surface area contributed by atoms with Gasteiger partial charge < -0.3 is 5.32 Å². The number of halogens is 4. The number of amides is 1. The van der Waals surface area contributed by atoms with E-state index >= 15 is 0 Å². The van der Waals surface area contributed by atoms with Crippen LogP contribution in [-0.4, -0.2) is 23.0 Å². The third kappa shape index (κ3) is 3.51. The van der Waals surface area contributed by atoms with E-state index in [0.29, 0.717) is 0 Å². The first-order chi connectivity index (χ1) is 9.38. The highest BCUT2D eigenvalue weighted by molar-refractivity contribution is 8.15. The van der Waals surface area contributed by atoms with Gasteiger partial charge in [-0.25, -0.2) is 0 Å². The van der Waals surface area contributed by atoms with Crippen LogP contribution >= 0.6 is 23.4 Å². The third-order valence-corrected chi connectivity index (χ3v) is 3.47. The Morgan fingerprint density at radius 2 is 2.15 bits per heavy atom. The Kier molecular flexibility index (Phi) is 4.34. The van der Waals surface area contributed by atoms with Crippen LogP contribution in [-0.2, 0) is 11.0 Å². The summed E-state index contributed by atoms with van der Waals surface area (Å²) in [5, 5.41) is 9.73. The molecule has 1 saturated heterocycles. The molecule has 1 fully saturated rings. The number of alkyl halides is 3. The summed E-state index contributed by atoms with van der Waals surface area (Å²) in [6, 6.07) is 3.45. The molecule has 1 aromatic carbocycles. The molecule has 1 heterocycles. The average molecular weight is 322 g/mol. The van der Waals surface area contributed by atoms with Crippen molar-refractivity contribution >= 4 is 40.7 Å². The van der Waals surface area contributed by atoms with Gasteiger partial charge in [-0.2, -0.15) is 18.3 Å². The Morgan fingerprint density at radius 1 is 1.40 bits per heavy atom. The number of carbonyl (C=O) groups is 1. The number of carbonyl (C=O) groups excluding carboxylic acids is 1. The fourth-order valence-electron chi connectivity index (χ4n) is 1.43. The molecule has 0 unspecified atom stereocenters. The molecule has 0 aliphatic carbocycles. The maximum atomic E-state index is 12.8. The minimum atomic E-state index is -4.53. The number of hydrogen-bond donors (Lipinski definition) is 1. The van der Waals surface area contributed by atoms with Gasteiger partial charge in [-0.05, 0) is 12.1 Å². The first-order valence-corrected chi connectivity index (χ1v) is 6.63. The minimum Gasteiger partial charge on any atom is -0.303 e. The van der Waals surface area contributed by atoms with Gasteiger partial charge in [-0.15, -0.1) is 5.10 Å². The zero-order valence-corrected chi connectivity index (χ0v) is 11.3. The zero-order valence-electron chi connectivity index (χ0n) is 9.74. The molecule has 4 nitrogen and oxygen atoms in total. The van der Waals surface area contributed by atoms with Crippen LogP contribution < -0.4 is 5.32 Å². The van der Waals surface area contributed by atoms with Crippen LogP contribution in [0, 0.1) is 0 Å². The van der Waals surface area contributed by atoms with Gasteiger partial charge in [0.25, 0.3) is 0 Å². The van der Waals surface area contributed by atoms with Gasteiger partial charge in [0, 0.05) is 5.56 Å². The fraction of sp³-hybridized carbons (Fsp3) is 0.182. The molecule has 0 saturated carbocycles. The van der Waals surface area contributed by atoms with Crippen molar-refractivity contribution in [2.24, 2.45) is 10.2 Å². The van der Waals surface area contributed by atoms with Gasteiger partial charge in [0.2, 0.25) is 5.91 Å². The first-order valence-electron chi connectivity index (χ1n) is 5.27. The second-order valence-corrected chi connectivity index (χ2v) is 5.06. The quantitative estimate of drug-likeness (QED) is 0.672. The summed E-state index contributed by atoms with van der Waals surface area (Å²) in [7, 11) is 0. The van der Waals surface area contributed by atoms with E-state index in [1.54, 1.807) is 0 Å². The van der Waals surface area contributed by atoms with Crippen LogP contribution in [0.4, 0.5) is 13.2 Å². The average Bonchev–Trinajstić information content (AvgIpc) is 2.76. The number of benzene rings is 1. The summed E-state index contributed by atoms with van der Waals surface area (Å²) < 4.78 is 38.4. The van der Waals surface area contributed by atoms with Gasteiger partial charge in [-0.1, -0.05) is 29.4 Å². The Labute approximate surface area is 121 Å². The van der Waals surface area contributed by atoms with E-state index in [2.05, 4.69) is 15.5 Å². The third-order valence-electron chi connectivity index (χ3n) is 2.28. The van der Waals surface area contributed by atoms with Crippen LogP contribution in [0.25, 0.3) is 0 Å². The summed E-state index contributed by atoms with van der Waals surface area (Å²) in [5.74, 6) is -0.00786. The molecule has 20 heavy (non-hydrogen) atoms. The van der Waals surface area contributed by atoms with Crippen molar-refractivity contribution in [1.29, 1.82) is 0 Å². The summed E-state index contributed by atoms with van der Waals surface area (Å²) in [6.45, 7) is 0. The molecular formula is C11H7ClF3N3OS. The van der Waals surface area contributed by atoms with Crippen LogP contribution in [0.1, 0.15) is 11.1 Å². The summed E-state index contributed by atoms with van der Waals surface area (Å²) in [6.07, 6.45) is -3.61. The van der Waals surface area contributed by atoms with E-state index in [1.807, 2.05) is 0 Å². The van der Waals surface area contributed by atoms with Crippen molar-refractivity contribution in [1.82, 2.24) is 5.32 Å². The van der Waals surface area contributed by atoms with Crippen LogP contribution in [0.5, 0.6) is 0 Å². The van der Waals surface area contributed by atoms with E-state index in [9.17, 15) is 18.0 Å². The molecule has 1 aromatic rings. The SMILES string of the molecule is O=C1CSC(=NN=Cc2c(Cl)cccc2C(F)(F)F)N1. The normalized spacial score (nSPS) is 18.0. The minimum absolute atomic E-state index is 0.0770. The first kappa shape index (κ1) is 14.9. The van der Waals surface area contributed by atoms with E-state index in [0.717, 1.165) is 24.0 Å². The van der Waals surface area contributed by atoms with Crippen molar-refractivity contribution < 1.29 is 18.0 Å². The Hall–Kier alpha value is -1.54. The molecule has 2 rings (SSSR count). The second kappa shape index (κ2) is 5.84. The molecule has 0 radical (unpaired) electrons. The van der Waals surface area contributed by atoms with E-state index in [4.69, 9.17) is 11.6 Å². The number of rotatable bonds is 2. The highest BCUT2D eigenvalue weighted by Gasteiger charge is 2.33. The smallest absolute Gasteiger partial charge is 0.303 e. The van der Waals surface area contributed by atoms with Crippen LogP contribution in [0.15, 0.2) is 28.4 Å². The molecular weight excluding hydrogens is 315 g/mol. The highest BCUT2D eigenvalue weighted by Crippen LogP contribution is 2.34. The maximum absolute atomic E-state index is 12.8. The molecule has 1 aliphatic heterocycles. The van der Waals surface area contributed by atoms with Crippen molar-refractivity contribution in [2.75, 3.05) is 5.75 Å². The van der Waals surface area contributed by atoms with E-state index in [1.165, 1.54) is 12.1 Å². The van der Waals surface area contributed by atoms with Crippen molar-refractivity contribution in [3.63, 3.8) is 0 Å². The lowest BCUT2D eigenvalue weighted by Crippen LogP contribution is -2.19. The molecule has 0 atom stereocenters. The lowest BCUT2D eigenvalue weighted by Gasteiger charge is -2.10. The van der Waals surface area contributed by atoms with Gasteiger partial charge in [-0.3, -0.25) is 4.79 Å². The highest BCUT2D eigenvalue weighted by atomic mass is 35.5. The van der Waals surface area contributed by atoms with Crippen molar-refractivity contribution in [2.45, 2.75) is 6.18 Å².